The third-order valence-corrected chi connectivity index (χ3v) is 4.53. The Morgan fingerprint density at radius 2 is 2.00 bits per heavy atom. The number of rotatable bonds is 6. The second kappa shape index (κ2) is 9.62. The molecule has 1 atom stereocenters. The quantitative estimate of drug-likeness (QED) is 0.482. The van der Waals surface area contributed by atoms with E-state index in [9.17, 15) is 14.9 Å². The topological polar surface area (TPSA) is 82.4 Å². The Labute approximate surface area is 154 Å². The van der Waals surface area contributed by atoms with Crippen molar-refractivity contribution < 1.29 is 14.3 Å². The molecule has 1 aromatic carbocycles. The first kappa shape index (κ1) is 19.5. The molecule has 1 amide bonds. The number of hydrogen-bond donors (Lipinski definition) is 1. The van der Waals surface area contributed by atoms with Crippen LogP contribution in [-0.2, 0) is 14.3 Å². The normalized spacial score (nSPS) is 16.5. The first-order valence-corrected chi connectivity index (χ1v) is 8.94. The molecule has 0 bridgehead atoms. The van der Waals surface area contributed by atoms with E-state index in [4.69, 9.17) is 4.74 Å². The maximum absolute atomic E-state index is 12.6. The number of piperidine rings is 1. The number of nitriles is 1. The SMILES string of the molecule is CCOC(=O)C1CCN(C(=O)/C(C#N)=C\NC(C)c2ccccc2)CC1. The van der Waals surface area contributed by atoms with Crippen molar-refractivity contribution in [3.63, 3.8) is 0 Å². The second-order valence-corrected chi connectivity index (χ2v) is 6.29. The van der Waals surface area contributed by atoms with Gasteiger partial charge in [0, 0.05) is 25.3 Å². The molecule has 1 saturated heterocycles. The van der Waals surface area contributed by atoms with Gasteiger partial charge in [0.05, 0.1) is 12.5 Å². The predicted octanol–water partition coefficient (Wildman–Crippen LogP) is 2.55. The highest BCUT2D eigenvalue weighted by molar-refractivity contribution is 5.97. The number of likely N-dealkylation sites (tertiary alicyclic amines) is 1. The van der Waals surface area contributed by atoms with Crippen LogP contribution in [0.25, 0.3) is 0 Å². The molecule has 0 aromatic heterocycles. The number of esters is 1. The largest absolute Gasteiger partial charge is 0.466 e. The summed E-state index contributed by atoms with van der Waals surface area (Å²) in [7, 11) is 0. The maximum Gasteiger partial charge on any atom is 0.309 e. The highest BCUT2D eigenvalue weighted by Crippen LogP contribution is 2.20. The number of ether oxygens (including phenoxy) is 1. The van der Waals surface area contributed by atoms with Crippen LogP contribution in [0.15, 0.2) is 42.1 Å². The standard InChI is InChI=1S/C20H25N3O3/c1-3-26-20(25)17-9-11-23(12-10-17)19(24)18(13-21)14-22-15(2)16-7-5-4-6-8-16/h4-8,14-15,17,22H,3,9-12H2,1-2H3/b18-14-. The van der Waals surface area contributed by atoms with Gasteiger partial charge in [-0.2, -0.15) is 5.26 Å². The maximum atomic E-state index is 12.6. The van der Waals surface area contributed by atoms with Gasteiger partial charge in [0.1, 0.15) is 11.6 Å². The fourth-order valence-corrected chi connectivity index (χ4v) is 2.94. The minimum atomic E-state index is -0.303. The van der Waals surface area contributed by atoms with Gasteiger partial charge in [0.25, 0.3) is 5.91 Å². The Kier molecular flexibility index (Phi) is 7.22. The van der Waals surface area contributed by atoms with E-state index in [-0.39, 0.29) is 29.4 Å². The van der Waals surface area contributed by atoms with Crippen LogP contribution in [0.3, 0.4) is 0 Å². The molecule has 0 radical (unpaired) electrons. The number of hydrogen-bond acceptors (Lipinski definition) is 5. The zero-order valence-electron chi connectivity index (χ0n) is 15.3. The molecule has 0 aliphatic carbocycles. The van der Waals surface area contributed by atoms with E-state index in [1.165, 1.54) is 6.20 Å². The zero-order valence-corrected chi connectivity index (χ0v) is 15.3. The summed E-state index contributed by atoms with van der Waals surface area (Å²) in [6.07, 6.45) is 2.62. The van der Waals surface area contributed by atoms with E-state index in [2.05, 4.69) is 5.32 Å². The number of benzene rings is 1. The Balaban J connectivity index is 1.92. The van der Waals surface area contributed by atoms with E-state index in [1.54, 1.807) is 11.8 Å². The molecule has 1 aliphatic rings. The van der Waals surface area contributed by atoms with Gasteiger partial charge in [-0.1, -0.05) is 30.3 Å². The van der Waals surface area contributed by atoms with Gasteiger partial charge in [-0.15, -0.1) is 0 Å². The Bertz CT molecular complexity index is 686. The van der Waals surface area contributed by atoms with Crippen molar-refractivity contribution in [3.05, 3.63) is 47.7 Å². The number of carbonyl (C=O) groups excluding carboxylic acids is 2. The van der Waals surface area contributed by atoms with Crippen LogP contribution in [0.1, 0.15) is 38.3 Å². The summed E-state index contributed by atoms with van der Waals surface area (Å²) in [6, 6.07) is 11.8. The molecule has 1 aliphatic heterocycles. The Morgan fingerprint density at radius 3 is 2.58 bits per heavy atom. The first-order chi connectivity index (χ1) is 12.6. The molecule has 1 N–H and O–H groups in total. The van der Waals surface area contributed by atoms with Gasteiger partial charge < -0.3 is 15.0 Å². The lowest BCUT2D eigenvalue weighted by Crippen LogP contribution is -2.41. The van der Waals surface area contributed by atoms with Crippen molar-refractivity contribution in [2.24, 2.45) is 5.92 Å². The van der Waals surface area contributed by atoms with Gasteiger partial charge >= 0.3 is 5.97 Å². The van der Waals surface area contributed by atoms with Gasteiger partial charge in [-0.05, 0) is 32.3 Å². The molecular weight excluding hydrogens is 330 g/mol. The molecule has 26 heavy (non-hydrogen) atoms. The average Bonchev–Trinajstić information content (AvgIpc) is 2.69. The lowest BCUT2D eigenvalue weighted by molar-refractivity contribution is -0.150. The Morgan fingerprint density at radius 1 is 1.35 bits per heavy atom. The summed E-state index contributed by atoms with van der Waals surface area (Å²) in [4.78, 5) is 26.0. The summed E-state index contributed by atoms with van der Waals surface area (Å²) in [5.74, 6) is -0.665. The molecule has 0 spiro atoms. The lowest BCUT2D eigenvalue weighted by atomic mass is 9.96. The zero-order chi connectivity index (χ0) is 18.9. The highest BCUT2D eigenvalue weighted by atomic mass is 16.5. The summed E-state index contributed by atoms with van der Waals surface area (Å²) in [5, 5.41) is 12.4. The molecule has 1 unspecified atom stereocenters. The molecule has 0 saturated carbocycles. The summed E-state index contributed by atoms with van der Waals surface area (Å²) in [6.45, 7) is 5.02. The van der Waals surface area contributed by atoms with Crippen LogP contribution in [0.5, 0.6) is 0 Å². The number of nitrogens with zero attached hydrogens (tertiary/aromatic N) is 2. The van der Waals surface area contributed by atoms with Gasteiger partial charge in [-0.25, -0.2) is 0 Å². The van der Waals surface area contributed by atoms with E-state index in [1.807, 2.05) is 43.3 Å². The number of carbonyl (C=O) groups is 2. The molecule has 1 fully saturated rings. The molecule has 6 heteroatoms. The van der Waals surface area contributed by atoms with Crippen molar-refractivity contribution in [3.8, 4) is 6.07 Å². The lowest BCUT2D eigenvalue weighted by Gasteiger charge is -2.30. The van der Waals surface area contributed by atoms with Gasteiger partial charge in [0.2, 0.25) is 0 Å². The van der Waals surface area contributed by atoms with Crippen molar-refractivity contribution in [1.82, 2.24) is 10.2 Å². The number of nitrogens with one attached hydrogen (secondary N) is 1. The predicted molar refractivity (Wildman–Crippen MR) is 97.6 cm³/mol. The highest BCUT2D eigenvalue weighted by Gasteiger charge is 2.29. The third kappa shape index (κ3) is 5.09. The van der Waals surface area contributed by atoms with E-state index in [0.29, 0.717) is 32.5 Å². The fraction of sp³-hybridized carbons (Fsp3) is 0.450. The summed E-state index contributed by atoms with van der Waals surface area (Å²) >= 11 is 0. The van der Waals surface area contributed by atoms with E-state index in [0.717, 1.165) is 5.56 Å². The molecular formula is C20H25N3O3. The third-order valence-electron chi connectivity index (χ3n) is 4.53. The van der Waals surface area contributed by atoms with E-state index < -0.39 is 0 Å². The average molecular weight is 355 g/mol. The summed E-state index contributed by atoms with van der Waals surface area (Å²) in [5.41, 5.74) is 1.14. The molecule has 1 aromatic rings. The van der Waals surface area contributed by atoms with Crippen LogP contribution < -0.4 is 5.32 Å². The van der Waals surface area contributed by atoms with Crippen molar-refractivity contribution >= 4 is 11.9 Å². The van der Waals surface area contributed by atoms with Crippen molar-refractivity contribution in [2.75, 3.05) is 19.7 Å². The summed E-state index contributed by atoms with van der Waals surface area (Å²) < 4.78 is 5.04. The minimum Gasteiger partial charge on any atom is -0.466 e. The molecule has 2 rings (SSSR count). The molecule has 6 nitrogen and oxygen atoms in total. The smallest absolute Gasteiger partial charge is 0.309 e. The monoisotopic (exact) mass is 355 g/mol. The molecule has 1 heterocycles. The fourth-order valence-electron chi connectivity index (χ4n) is 2.94. The minimum absolute atomic E-state index is 0.0121. The second-order valence-electron chi connectivity index (χ2n) is 6.29. The van der Waals surface area contributed by atoms with Crippen LogP contribution >= 0.6 is 0 Å². The van der Waals surface area contributed by atoms with Crippen LogP contribution in [-0.4, -0.2) is 36.5 Å². The first-order valence-electron chi connectivity index (χ1n) is 8.94. The Hall–Kier alpha value is -2.81. The van der Waals surface area contributed by atoms with Gasteiger partial charge in [-0.3, -0.25) is 9.59 Å². The van der Waals surface area contributed by atoms with Gasteiger partial charge in [0.15, 0.2) is 0 Å². The van der Waals surface area contributed by atoms with Crippen LogP contribution in [0, 0.1) is 17.2 Å². The van der Waals surface area contributed by atoms with E-state index >= 15 is 0 Å². The van der Waals surface area contributed by atoms with Crippen LogP contribution in [0.4, 0.5) is 0 Å². The van der Waals surface area contributed by atoms with Crippen molar-refractivity contribution in [2.45, 2.75) is 32.7 Å². The van der Waals surface area contributed by atoms with Crippen molar-refractivity contribution in [1.29, 1.82) is 5.26 Å². The molecule has 138 valence electrons. The van der Waals surface area contributed by atoms with Crippen LogP contribution in [0.2, 0.25) is 0 Å². The number of amides is 1.